The molecule has 0 aliphatic rings. The molecule has 5 nitrogen and oxygen atoms in total. The highest BCUT2D eigenvalue weighted by Crippen LogP contribution is 2.01. The second-order valence-corrected chi connectivity index (χ2v) is 5.97. The Hall–Kier alpha value is -1.31. The number of aliphatic imine (C=N–C) groups is 1. The summed E-state index contributed by atoms with van der Waals surface area (Å²) < 4.78 is 0. The molecule has 0 aromatic heterocycles. The zero-order valence-electron chi connectivity index (χ0n) is 15.0. The lowest BCUT2D eigenvalue weighted by atomic mass is 10.1. The van der Waals surface area contributed by atoms with E-state index in [1.54, 1.807) is 7.05 Å². The monoisotopic (exact) mass is 446 g/mol. The van der Waals surface area contributed by atoms with Crippen LogP contribution in [0.3, 0.4) is 0 Å². The third-order valence-corrected chi connectivity index (χ3v) is 3.45. The first kappa shape index (κ1) is 22.7. The summed E-state index contributed by atoms with van der Waals surface area (Å²) in [7, 11) is 1.74. The highest BCUT2D eigenvalue weighted by molar-refractivity contribution is 14.0. The van der Waals surface area contributed by atoms with Crippen molar-refractivity contribution < 1.29 is 4.79 Å². The maximum Gasteiger partial charge on any atom is 0.222 e. The summed E-state index contributed by atoms with van der Waals surface area (Å²) in [6.45, 7) is 6.49. The van der Waals surface area contributed by atoms with Crippen LogP contribution in [0.4, 0.5) is 0 Å². The molecule has 0 unspecified atom stereocenters. The van der Waals surface area contributed by atoms with Gasteiger partial charge >= 0.3 is 0 Å². The summed E-state index contributed by atoms with van der Waals surface area (Å²) in [6.07, 6.45) is 2.75. The molecule has 0 spiro atoms. The van der Waals surface area contributed by atoms with Crippen LogP contribution in [-0.4, -0.2) is 32.0 Å². The molecular formula is C18H31IN4O. The molecule has 0 fully saturated rings. The minimum Gasteiger partial charge on any atom is -0.356 e. The fourth-order valence-corrected chi connectivity index (χ4v) is 2.12. The quantitative estimate of drug-likeness (QED) is 0.237. The number of guanidine groups is 1. The number of benzene rings is 1. The third kappa shape index (κ3) is 11.3. The summed E-state index contributed by atoms with van der Waals surface area (Å²) in [6, 6.07) is 9.91. The van der Waals surface area contributed by atoms with Gasteiger partial charge in [0.15, 0.2) is 5.96 Å². The first-order valence-corrected chi connectivity index (χ1v) is 8.37. The lowest BCUT2D eigenvalue weighted by molar-refractivity contribution is -0.121. The molecule has 6 heteroatoms. The van der Waals surface area contributed by atoms with E-state index >= 15 is 0 Å². The molecule has 136 valence electrons. The van der Waals surface area contributed by atoms with Gasteiger partial charge in [-0.1, -0.05) is 44.2 Å². The number of rotatable bonds is 9. The molecule has 1 aromatic rings. The Morgan fingerprint density at radius 1 is 1.08 bits per heavy atom. The molecular weight excluding hydrogens is 415 g/mol. The number of carbonyl (C=O) groups is 1. The molecule has 24 heavy (non-hydrogen) atoms. The summed E-state index contributed by atoms with van der Waals surface area (Å²) in [5.41, 5.74) is 1.11. The van der Waals surface area contributed by atoms with Crippen molar-refractivity contribution in [2.45, 2.75) is 39.7 Å². The third-order valence-electron chi connectivity index (χ3n) is 3.45. The highest BCUT2D eigenvalue weighted by atomic mass is 127. The van der Waals surface area contributed by atoms with Gasteiger partial charge in [0.1, 0.15) is 0 Å². The van der Waals surface area contributed by atoms with E-state index in [0.717, 1.165) is 30.4 Å². The predicted molar refractivity (Wildman–Crippen MR) is 112 cm³/mol. The topological polar surface area (TPSA) is 65.5 Å². The predicted octanol–water partition coefficient (Wildman–Crippen LogP) is 2.91. The Kier molecular flexibility index (Phi) is 13.3. The molecule has 1 amide bonds. The Balaban J connectivity index is 0.00000529. The van der Waals surface area contributed by atoms with Gasteiger partial charge in [0, 0.05) is 33.1 Å². The highest BCUT2D eigenvalue weighted by Gasteiger charge is 2.03. The van der Waals surface area contributed by atoms with E-state index in [-0.39, 0.29) is 29.9 Å². The van der Waals surface area contributed by atoms with Crippen molar-refractivity contribution in [2.24, 2.45) is 10.9 Å². The summed E-state index contributed by atoms with van der Waals surface area (Å²) in [4.78, 5) is 16.0. The van der Waals surface area contributed by atoms with Gasteiger partial charge < -0.3 is 16.0 Å². The molecule has 1 aromatic carbocycles. The molecule has 0 saturated heterocycles. The summed E-state index contributed by atoms with van der Waals surface area (Å²) in [5, 5.41) is 9.34. The lowest BCUT2D eigenvalue weighted by Crippen LogP contribution is -2.39. The van der Waals surface area contributed by atoms with Crippen molar-refractivity contribution in [3.05, 3.63) is 35.9 Å². The van der Waals surface area contributed by atoms with Gasteiger partial charge in [0.2, 0.25) is 5.91 Å². The van der Waals surface area contributed by atoms with Crippen LogP contribution in [0, 0.1) is 5.92 Å². The Morgan fingerprint density at radius 2 is 1.75 bits per heavy atom. The SMILES string of the molecule is CN=C(NCCCC(C)C)NCCC(=O)NCc1ccccc1.I. The standard InChI is InChI=1S/C18H30N4O.HI/c1-15(2)8-7-12-20-18(19-3)21-13-11-17(23)22-14-16-9-5-4-6-10-16;/h4-6,9-10,15H,7-8,11-14H2,1-3H3,(H,22,23)(H2,19,20,21);1H. The first-order valence-electron chi connectivity index (χ1n) is 8.37. The van der Waals surface area contributed by atoms with Crippen LogP contribution < -0.4 is 16.0 Å². The van der Waals surface area contributed by atoms with E-state index in [4.69, 9.17) is 0 Å². The molecule has 0 radical (unpaired) electrons. The minimum absolute atomic E-state index is 0. The Labute approximate surface area is 163 Å². The summed E-state index contributed by atoms with van der Waals surface area (Å²) >= 11 is 0. The number of amides is 1. The van der Waals surface area contributed by atoms with E-state index in [1.807, 2.05) is 30.3 Å². The van der Waals surface area contributed by atoms with Gasteiger partial charge in [-0.3, -0.25) is 9.79 Å². The van der Waals surface area contributed by atoms with Crippen molar-refractivity contribution in [3.8, 4) is 0 Å². The van der Waals surface area contributed by atoms with Gasteiger partial charge in [0.25, 0.3) is 0 Å². The molecule has 0 atom stereocenters. The largest absolute Gasteiger partial charge is 0.356 e. The molecule has 0 aliphatic carbocycles. The smallest absolute Gasteiger partial charge is 0.222 e. The molecule has 0 aliphatic heterocycles. The van der Waals surface area contributed by atoms with Crippen LogP contribution in [0.1, 0.15) is 38.7 Å². The first-order chi connectivity index (χ1) is 11.1. The Morgan fingerprint density at radius 3 is 2.38 bits per heavy atom. The maximum absolute atomic E-state index is 11.8. The number of hydrogen-bond acceptors (Lipinski definition) is 2. The second-order valence-electron chi connectivity index (χ2n) is 5.97. The maximum atomic E-state index is 11.8. The number of carbonyl (C=O) groups excluding carboxylic acids is 1. The Bertz CT molecular complexity index is 477. The molecule has 0 bridgehead atoms. The zero-order chi connectivity index (χ0) is 16.9. The molecule has 0 saturated carbocycles. The lowest BCUT2D eigenvalue weighted by Gasteiger charge is -2.12. The normalized spacial score (nSPS) is 10.9. The molecule has 3 N–H and O–H groups in total. The van der Waals surface area contributed by atoms with Crippen LogP contribution in [0.25, 0.3) is 0 Å². The second kappa shape index (κ2) is 14.1. The van der Waals surface area contributed by atoms with Gasteiger partial charge in [-0.05, 0) is 24.3 Å². The van der Waals surface area contributed by atoms with Crippen molar-refractivity contribution in [3.63, 3.8) is 0 Å². The number of hydrogen-bond donors (Lipinski definition) is 3. The number of nitrogens with zero attached hydrogens (tertiary/aromatic N) is 1. The number of halogens is 1. The van der Waals surface area contributed by atoms with Gasteiger partial charge in [-0.25, -0.2) is 0 Å². The van der Waals surface area contributed by atoms with Gasteiger partial charge in [-0.2, -0.15) is 0 Å². The van der Waals surface area contributed by atoms with E-state index < -0.39 is 0 Å². The van der Waals surface area contributed by atoms with E-state index in [2.05, 4.69) is 34.8 Å². The van der Waals surface area contributed by atoms with E-state index in [1.165, 1.54) is 6.42 Å². The fraction of sp³-hybridized carbons (Fsp3) is 0.556. The van der Waals surface area contributed by atoms with Crippen LogP contribution in [0.2, 0.25) is 0 Å². The van der Waals surface area contributed by atoms with Crippen LogP contribution in [0.15, 0.2) is 35.3 Å². The van der Waals surface area contributed by atoms with Crippen molar-refractivity contribution in [1.82, 2.24) is 16.0 Å². The van der Waals surface area contributed by atoms with Crippen molar-refractivity contribution >= 4 is 35.8 Å². The minimum atomic E-state index is 0. The zero-order valence-corrected chi connectivity index (χ0v) is 17.3. The average Bonchev–Trinajstić information content (AvgIpc) is 2.56. The van der Waals surface area contributed by atoms with Crippen LogP contribution >= 0.6 is 24.0 Å². The van der Waals surface area contributed by atoms with Gasteiger partial charge in [-0.15, -0.1) is 24.0 Å². The van der Waals surface area contributed by atoms with E-state index in [9.17, 15) is 4.79 Å². The van der Waals surface area contributed by atoms with E-state index in [0.29, 0.717) is 19.5 Å². The van der Waals surface area contributed by atoms with Crippen molar-refractivity contribution in [2.75, 3.05) is 20.1 Å². The number of nitrogens with one attached hydrogen (secondary N) is 3. The average molecular weight is 446 g/mol. The van der Waals surface area contributed by atoms with Crippen molar-refractivity contribution in [1.29, 1.82) is 0 Å². The summed E-state index contributed by atoms with van der Waals surface area (Å²) in [5.74, 6) is 1.52. The molecule has 0 heterocycles. The van der Waals surface area contributed by atoms with Crippen LogP contribution in [0.5, 0.6) is 0 Å². The molecule has 1 rings (SSSR count). The van der Waals surface area contributed by atoms with Crippen LogP contribution in [-0.2, 0) is 11.3 Å². The van der Waals surface area contributed by atoms with Gasteiger partial charge in [0.05, 0.1) is 0 Å². The fourth-order valence-electron chi connectivity index (χ4n) is 2.12.